The average Bonchev–Trinajstić information content (AvgIpc) is 3.38. The predicted octanol–water partition coefficient (Wildman–Crippen LogP) is 1.75. The van der Waals surface area contributed by atoms with Crippen molar-refractivity contribution >= 4 is 11.8 Å². The van der Waals surface area contributed by atoms with Gasteiger partial charge in [-0.3, -0.25) is 14.5 Å². The van der Waals surface area contributed by atoms with Gasteiger partial charge in [0.05, 0.1) is 16.6 Å². The summed E-state index contributed by atoms with van der Waals surface area (Å²) >= 11 is 0. The van der Waals surface area contributed by atoms with Gasteiger partial charge in [-0.25, -0.2) is 0 Å². The van der Waals surface area contributed by atoms with Crippen LogP contribution in [0.4, 0.5) is 0 Å². The van der Waals surface area contributed by atoms with Gasteiger partial charge in [-0.1, -0.05) is 6.07 Å². The molecule has 1 N–H and O–H groups in total. The Bertz CT molecular complexity index is 939. The lowest BCUT2D eigenvalue weighted by molar-refractivity contribution is -0.273. The number of aliphatic hydroxyl groups is 1. The molecule has 1 aliphatic heterocycles. The highest BCUT2D eigenvalue weighted by Crippen LogP contribution is 2.74. The van der Waals surface area contributed by atoms with Crippen LogP contribution in [0.25, 0.3) is 0 Å². The molecular formula is C22H25NO5. The molecule has 0 amide bonds. The highest BCUT2D eigenvalue weighted by Gasteiger charge is 2.84. The fourth-order valence-electron chi connectivity index (χ4n) is 6.81. The summed E-state index contributed by atoms with van der Waals surface area (Å²) in [5.41, 5.74) is -0.0283. The molecule has 5 aliphatic rings. The molecule has 1 spiro atoms. The molecular weight excluding hydrogens is 358 g/mol. The van der Waals surface area contributed by atoms with Crippen LogP contribution >= 0.6 is 0 Å². The van der Waals surface area contributed by atoms with Crippen LogP contribution in [-0.2, 0) is 21.4 Å². The third-order valence-corrected chi connectivity index (χ3v) is 8.14. The molecule has 0 radical (unpaired) electrons. The molecule has 3 fully saturated rings. The summed E-state index contributed by atoms with van der Waals surface area (Å²) in [6, 6.07) is 3.76. The topological polar surface area (TPSA) is 76.1 Å². The summed E-state index contributed by atoms with van der Waals surface area (Å²) in [5.74, 6) is 1.20. The smallest absolute Gasteiger partial charge is 0.308 e. The van der Waals surface area contributed by atoms with Gasteiger partial charge in [-0.15, -0.1) is 0 Å². The summed E-state index contributed by atoms with van der Waals surface area (Å²) < 4.78 is 11.5. The molecule has 4 atom stereocenters. The molecule has 6 rings (SSSR count). The first-order valence-corrected chi connectivity index (χ1v) is 10.3. The van der Waals surface area contributed by atoms with E-state index >= 15 is 0 Å². The van der Waals surface area contributed by atoms with Crippen molar-refractivity contribution in [2.24, 2.45) is 5.92 Å². The predicted molar refractivity (Wildman–Crippen MR) is 99.4 cm³/mol. The molecule has 1 aromatic carbocycles. The van der Waals surface area contributed by atoms with Crippen molar-refractivity contribution in [2.75, 3.05) is 13.6 Å². The molecule has 3 saturated carbocycles. The van der Waals surface area contributed by atoms with Crippen molar-refractivity contribution in [3.63, 3.8) is 0 Å². The first kappa shape index (κ1) is 17.0. The van der Waals surface area contributed by atoms with E-state index in [1.165, 1.54) is 19.8 Å². The number of likely N-dealkylation sites (N-methyl/N-ethyl adjacent to an activating group) is 1. The third-order valence-electron chi connectivity index (χ3n) is 8.14. The van der Waals surface area contributed by atoms with Crippen LogP contribution in [0.3, 0.4) is 0 Å². The Kier molecular flexibility index (Phi) is 3.02. The molecule has 1 heterocycles. The van der Waals surface area contributed by atoms with Crippen molar-refractivity contribution in [2.45, 2.75) is 68.1 Å². The van der Waals surface area contributed by atoms with Crippen molar-refractivity contribution in [3.05, 3.63) is 23.3 Å². The Balaban J connectivity index is 1.53. The minimum absolute atomic E-state index is 0.0425. The second-order valence-corrected chi connectivity index (χ2v) is 9.53. The number of nitrogens with zero attached hydrogens (tertiary/aromatic N) is 1. The molecule has 6 heteroatoms. The number of hydrogen-bond donors (Lipinski definition) is 1. The number of hydrogen-bond acceptors (Lipinski definition) is 6. The number of Topliss-reactive ketones (excluding diaryl/α,β-unsaturated/α-hetero) is 1. The van der Waals surface area contributed by atoms with E-state index in [4.69, 9.17) is 9.47 Å². The van der Waals surface area contributed by atoms with Crippen molar-refractivity contribution in [1.82, 2.24) is 4.90 Å². The van der Waals surface area contributed by atoms with E-state index in [9.17, 15) is 14.7 Å². The zero-order valence-corrected chi connectivity index (χ0v) is 16.3. The summed E-state index contributed by atoms with van der Waals surface area (Å²) in [4.78, 5) is 26.8. The number of rotatable bonds is 4. The van der Waals surface area contributed by atoms with E-state index in [-0.39, 0.29) is 11.3 Å². The number of ether oxygens (including phenoxy) is 2. The molecule has 6 nitrogen and oxygen atoms in total. The van der Waals surface area contributed by atoms with Gasteiger partial charge in [-0.05, 0) is 56.7 Å². The van der Waals surface area contributed by atoms with Crippen LogP contribution in [-0.4, -0.2) is 52.6 Å². The summed E-state index contributed by atoms with van der Waals surface area (Å²) in [6.07, 6.45) is 4.10. The molecule has 148 valence electrons. The maximum atomic E-state index is 12.8. The molecule has 0 saturated heterocycles. The summed E-state index contributed by atoms with van der Waals surface area (Å²) in [7, 11) is 2.13. The number of carbonyl (C=O) groups excluding carboxylic acids is 2. The molecule has 1 unspecified atom stereocenters. The summed E-state index contributed by atoms with van der Waals surface area (Å²) in [6.45, 7) is 2.35. The fourth-order valence-corrected chi connectivity index (χ4v) is 6.81. The van der Waals surface area contributed by atoms with E-state index in [0.717, 1.165) is 36.4 Å². The van der Waals surface area contributed by atoms with Crippen LogP contribution in [0.15, 0.2) is 12.1 Å². The fraction of sp³-hybridized carbons (Fsp3) is 0.636. The quantitative estimate of drug-likeness (QED) is 0.631. The first-order chi connectivity index (χ1) is 13.3. The first-order valence-electron chi connectivity index (χ1n) is 10.3. The van der Waals surface area contributed by atoms with Crippen molar-refractivity contribution in [1.29, 1.82) is 0 Å². The Hall–Kier alpha value is -1.92. The van der Waals surface area contributed by atoms with E-state index in [1.54, 1.807) is 6.07 Å². The minimum atomic E-state index is -0.991. The lowest BCUT2D eigenvalue weighted by atomic mass is 9.34. The molecule has 28 heavy (non-hydrogen) atoms. The van der Waals surface area contributed by atoms with Gasteiger partial charge in [0.1, 0.15) is 0 Å². The summed E-state index contributed by atoms with van der Waals surface area (Å²) in [5, 5.41) is 12.1. The maximum absolute atomic E-state index is 12.8. The minimum Gasteiger partial charge on any atom is -0.477 e. The van der Waals surface area contributed by atoms with Gasteiger partial charge >= 0.3 is 5.97 Å². The van der Waals surface area contributed by atoms with E-state index in [1.807, 2.05) is 6.07 Å². The van der Waals surface area contributed by atoms with Gasteiger partial charge in [0, 0.05) is 25.5 Å². The van der Waals surface area contributed by atoms with Gasteiger partial charge in [0.25, 0.3) is 0 Å². The van der Waals surface area contributed by atoms with E-state index in [0.29, 0.717) is 24.3 Å². The second kappa shape index (κ2) is 4.97. The Morgan fingerprint density at radius 3 is 2.89 bits per heavy atom. The van der Waals surface area contributed by atoms with Gasteiger partial charge in [0.2, 0.25) is 0 Å². The highest BCUT2D eigenvalue weighted by molar-refractivity contribution is 5.91. The van der Waals surface area contributed by atoms with Crippen molar-refractivity contribution < 1.29 is 24.2 Å². The lowest BCUT2D eigenvalue weighted by Crippen LogP contribution is -2.89. The van der Waals surface area contributed by atoms with Gasteiger partial charge < -0.3 is 14.6 Å². The monoisotopic (exact) mass is 383 g/mol. The largest absolute Gasteiger partial charge is 0.477 e. The number of ketones is 1. The van der Waals surface area contributed by atoms with Crippen LogP contribution in [0.5, 0.6) is 11.5 Å². The normalized spacial score (nSPS) is 39.3. The Labute approximate surface area is 163 Å². The molecule has 2 bridgehead atoms. The maximum Gasteiger partial charge on any atom is 0.308 e. The second-order valence-electron chi connectivity index (χ2n) is 9.53. The van der Waals surface area contributed by atoms with Gasteiger partial charge in [0.15, 0.2) is 23.4 Å². The highest BCUT2D eigenvalue weighted by atomic mass is 16.6. The third kappa shape index (κ3) is 1.69. The Morgan fingerprint density at radius 2 is 2.18 bits per heavy atom. The van der Waals surface area contributed by atoms with Crippen LogP contribution in [0.2, 0.25) is 0 Å². The number of esters is 1. The van der Waals surface area contributed by atoms with Crippen LogP contribution in [0.1, 0.15) is 50.2 Å². The van der Waals surface area contributed by atoms with Crippen molar-refractivity contribution in [3.8, 4) is 11.5 Å². The zero-order chi connectivity index (χ0) is 19.5. The lowest BCUT2D eigenvalue weighted by Gasteiger charge is -2.75. The standard InChI is InChI=1S/C22H25NO5/c1-12(24)27-16-6-5-14-9-20(23(2)10-13-3-4-13)11-21-17(14)18(16)28-19(21)15(25)7-8-22(20,21)26/h5-6,13,19,26H,3-4,7-11H2,1-2H3/t19-,20?,21-,22+/m1/s1. The molecule has 1 aromatic rings. The number of carbonyl (C=O) groups is 2. The van der Waals surface area contributed by atoms with E-state index < -0.39 is 23.1 Å². The number of benzene rings is 1. The van der Waals surface area contributed by atoms with Crippen LogP contribution < -0.4 is 9.47 Å². The Morgan fingerprint density at radius 1 is 1.39 bits per heavy atom. The van der Waals surface area contributed by atoms with E-state index in [2.05, 4.69) is 11.9 Å². The average molecular weight is 383 g/mol. The zero-order valence-electron chi connectivity index (χ0n) is 16.3. The molecule has 0 aromatic heterocycles. The molecule has 4 aliphatic carbocycles. The SMILES string of the molecule is CC(=O)Oc1ccc2c3c1O[C@@H]1C(=O)CC[C@]4(O)C(N(C)CC5CC5)(C2)C[C@@]314. The van der Waals surface area contributed by atoms with Crippen LogP contribution in [0, 0.1) is 5.92 Å². The van der Waals surface area contributed by atoms with Gasteiger partial charge in [-0.2, -0.15) is 0 Å².